The summed E-state index contributed by atoms with van der Waals surface area (Å²) in [5.41, 5.74) is 3.18. The van der Waals surface area contributed by atoms with E-state index in [-0.39, 0.29) is 5.82 Å². The van der Waals surface area contributed by atoms with Gasteiger partial charge in [0.05, 0.1) is 22.8 Å². The first kappa shape index (κ1) is 14.8. The molecule has 0 fully saturated rings. The number of hydrogen-bond acceptors (Lipinski definition) is 3. The molecule has 0 atom stereocenters. The van der Waals surface area contributed by atoms with Crippen molar-refractivity contribution < 1.29 is 4.39 Å². The van der Waals surface area contributed by atoms with E-state index in [4.69, 9.17) is 0 Å². The Labute approximate surface area is 143 Å². The Morgan fingerprint density at radius 1 is 0.958 bits per heavy atom. The Bertz CT molecular complexity index is 946. The predicted octanol–water partition coefficient (Wildman–Crippen LogP) is 4.86. The van der Waals surface area contributed by atoms with Crippen LogP contribution in [0.3, 0.4) is 0 Å². The van der Waals surface area contributed by atoms with Crippen LogP contribution < -0.4 is 0 Å². The van der Waals surface area contributed by atoms with Gasteiger partial charge in [-0.2, -0.15) is 5.10 Å². The molecule has 0 bridgehead atoms. The third-order valence-corrected chi connectivity index (χ3v) is 4.65. The molecular formula is C19H14FN3S. The van der Waals surface area contributed by atoms with E-state index in [9.17, 15) is 4.39 Å². The normalized spacial score (nSPS) is 10.9. The molecule has 4 rings (SSSR count). The molecule has 4 aromatic rings. The number of rotatable bonds is 4. The first-order chi connectivity index (χ1) is 11.8. The molecule has 0 aliphatic rings. The van der Waals surface area contributed by atoms with Gasteiger partial charge < -0.3 is 0 Å². The van der Waals surface area contributed by atoms with Crippen molar-refractivity contribution in [1.29, 1.82) is 0 Å². The van der Waals surface area contributed by atoms with Crippen LogP contribution in [0.25, 0.3) is 22.0 Å². The van der Waals surface area contributed by atoms with Crippen molar-refractivity contribution in [1.82, 2.24) is 14.8 Å². The van der Waals surface area contributed by atoms with Gasteiger partial charge in [0, 0.05) is 11.8 Å². The molecule has 0 radical (unpaired) electrons. The summed E-state index contributed by atoms with van der Waals surface area (Å²) >= 11 is 1.64. The molecule has 3 aromatic heterocycles. The lowest BCUT2D eigenvalue weighted by Gasteiger charge is -2.07. The number of aromatic nitrogens is 3. The predicted molar refractivity (Wildman–Crippen MR) is 94.3 cm³/mol. The Morgan fingerprint density at radius 3 is 2.58 bits per heavy atom. The number of benzene rings is 1. The van der Waals surface area contributed by atoms with Gasteiger partial charge in [0.15, 0.2) is 0 Å². The molecule has 0 amide bonds. The maximum atomic E-state index is 14.0. The van der Waals surface area contributed by atoms with Crippen LogP contribution in [0.15, 0.2) is 72.2 Å². The molecule has 0 aliphatic carbocycles. The summed E-state index contributed by atoms with van der Waals surface area (Å²) in [5.74, 6) is -0.218. The van der Waals surface area contributed by atoms with Crippen LogP contribution in [0.1, 0.15) is 5.56 Å². The first-order valence-corrected chi connectivity index (χ1v) is 8.46. The van der Waals surface area contributed by atoms with Gasteiger partial charge in [0.25, 0.3) is 0 Å². The van der Waals surface area contributed by atoms with Gasteiger partial charge in [0.2, 0.25) is 0 Å². The summed E-state index contributed by atoms with van der Waals surface area (Å²) in [6.07, 6.45) is 1.75. The number of halogens is 1. The lowest BCUT2D eigenvalue weighted by molar-refractivity contribution is 0.587. The van der Waals surface area contributed by atoms with Gasteiger partial charge in [-0.1, -0.05) is 30.3 Å². The van der Waals surface area contributed by atoms with E-state index in [2.05, 4.69) is 10.1 Å². The van der Waals surface area contributed by atoms with Crippen molar-refractivity contribution in [2.45, 2.75) is 6.54 Å². The smallest absolute Gasteiger partial charge is 0.128 e. The second-order valence-electron chi connectivity index (χ2n) is 5.36. The van der Waals surface area contributed by atoms with E-state index < -0.39 is 0 Å². The van der Waals surface area contributed by atoms with Gasteiger partial charge in [-0.25, -0.2) is 4.39 Å². The van der Waals surface area contributed by atoms with Gasteiger partial charge in [-0.15, -0.1) is 11.3 Å². The fourth-order valence-electron chi connectivity index (χ4n) is 2.59. The van der Waals surface area contributed by atoms with Crippen molar-refractivity contribution in [3.05, 3.63) is 83.6 Å². The molecule has 0 saturated carbocycles. The second-order valence-corrected chi connectivity index (χ2v) is 6.30. The summed E-state index contributed by atoms with van der Waals surface area (Å²) < 4.78 is 15.9. The maximum absolute atomic E-state index is 14.0. The molecular weight excluding hydrogens is 321 g/mol. The van der Waals surface area contributed by atoms with Gasteiger partial charge in [-0.3, -0.25) is 9.67 Å². The van der Waals surface area contributed by atoms with Gasteiger partial charge >= 0.3 is 0 Å². The zero-order valence-corrected chi connectivity index (χ0v) is 13.6. The molecule has 1 aromatic carbocycles. The quantitative estimate of drug-likeness (QED) is 0.533. The van der Waals surface area contributed by atoms with Crippen molar-refractivity contribution in [2.24, 2.45) is 0 Å². The third kappa shape index (κ3) is 2.86. The molecule has 3 nitrogen and oxygen atoms in total. The largest absolute Gasteiger partial charge is 0.259 e. The van der Waals surface area contributed by atoms with Crippen LogP contribution in [0, 0.1) is 5.82 Å². The van der Waals surface area contributed by atoms with E-state index in [1.165, 1.54) is 6.07 Å². The lowest BCUT2D eigenvalue weighted by Crippen LogP contribution is -2.05. The maximum Gasteiger partial charge on any atom is 0.128 e. The molecule has 24 heavy (non-hydrogen) atoms. The third-order valence-electron chi connectivity index (χ3n) is 3.76. The number of hydrogen-bond donors (Lipinski definition) is 0. The highest BCUT2D eigenvalue weighted by atomic mass is 32.1. The second kappa shape index (κ2) is 6.37. The molecule has 3 heterocycles. The van der Waals surface area contributed by atoms with E-state index in [1.807, 2.05) is 52.5 Å². The average molecular weight is 335 g/mol. The van der Waals surface area contributed by atoms with E-state index in [0.717, 1.165) is 22.0 Å². The first-order valence-electron chi connectivity index (χ1n) is 7.58. The minimum absolute atomic E-state index is 0.218. The highest BCUT2D eigenvalue weighted by Crippen LogP contribution is 2.29. The molecule has 5 heteroatoms. The standard InChI is InChI=1S/C19H14FN3S/c20-15-7-2-1-6-14(15)13-23-18(19-9-5-11-24-19)12-17(22-23)16-8-3-4-10-21-16/h1-12H,13H2. The molecule has 0 unspecified atom stereocenters. The molecule has 0 N–H and O–H groups in total. The monoisotopic (exact) mass is 335 g/mol. The fourth-order valence-corrected chi connectivity index (χ4v) is 3.33. The van der Waals surface area contributed by atoms with Crippen LogP contribution >= 0.6 is 11.3 Å². The van der Waals surface area contributed by atoms with Crippen LogP contribution in [-0.2, 0) is 6.54 Å². The van der Waals surface area contributed by atoms with Crippen molar-refractivity contribution in [2.75, 3.05) is 0 Å². The van der Waals surface area contributed by atoms with E-state index in [1.54, 1.807) is 29.7 Å². The van der Waals surface area contributed by atoms with E-state index >= 15 is 0 Å². The summed E-state index contributed by atoms with van der Waals surface area (Å²) in [7, 11) is 0. The minimum atomic E-state index is -0.218. The summed E-state index contributed by atoms with van der Waals surface area (Å²) in [6.45, 7) is 0.382. The van der Waals surface area contributed by atoms with Crippen molar-refractivity contribution >= 4 is 11.3 Å². The van der Waals surface area contributed by atoms with Crippen molar-refractivity contribution in [3.8, 4) is 22.0 Å². The van der Waals surface area contributed by atoms with Gasteiger partial charge in [0.1, 0.15) is 11.5 Å². The topological polar surface area (TPSA) is 30.7 Å². The summed E-state index contributed by atoms with van der Waals surface area (Å²) in [5, 5.41) is 6.69. The highest BCUT2D eigenvalue weighted by molar-refractivity contribution is 7.13. The fraction of sp³-hybridized carbons (Fsp3) is 0.0526. The Kier molecular flexibility index (Phi) is 3.92. The molecule has 0 saturated heterocycles. The lowest BCUT2D eigenvalue weighted by atomic mass is 10.2. The molecule has 0 aliphatic heterocycles. The molecule has 0 spiro atoms. The van der Waals surface area contributed by atoms with Crippen LogP contribution in [0.2, 0.25) is 0 Å². The zero-order valence-electron chi connectivity index (χ0n) is 12.8. The Hall–Kier alpha value is -2.79. The van der Waals surface area contributed by atoms with E-state index in [0.29, 0.717) is 12.1 Å². The van der Waals surface area contributed by atoms with Crippen LogP contribution in [-0.4, -0.2) is 14.8 Å². The van der Waals surface area contributed by atoms with Crippen LogP contribution in [0.5, 0.6) is 0 Å². The van der Waals surface area contributed by atoms with Crippen LogP contribution in [0.4, 0.5) is 4.39 Å². The van der Waals surface area contributed by atoms with Crippen molar-refractivity contribution in [3.63, 3.8) is 0 Å². The highest BCUT2D eigenvalue weighted by Gasteiger charge is 2.14. The Balaban J connectivity index is 1.80. The summed E-state index contributed by atoms with van der Waals surface area (Å²) in [4.78, 5) is 5.46. The number of pyridine rings is 1. The molecule has 118 valence electrons. The Morgan fingerprint density at radius 2 is 1.83 bits per heavy atom. The SMILES string of the molecule is Fc1ccccc1Cn1nc(-c2ccccn2)cc1-c1cccs1. The zero-order chi connectivity index (χ0) is 16.4. The van der Waals surface area contributed by atoms with Gasteiger partial charge in [-0.05, 0) is 35.7 Å². The number of thiophene rings is 1. The average Bonchev–Trinajstić information content (AvgIpc) is 3.27. The summed E-state index contributed by atoms with van der Waals surface area (Å²) in [6, 6.07) is 18.6. The minimum Gasteiger partial charge on any atom is -0.259 e. The number of nitrogens with zero attached hydrogens (tertiary/aromatic N) is 3.